The third-order valence-electron chi connectivity index (χ3n) is 4.94. The van der Waals surface area contributed by atoms with E-state index in [-0.39, 0.29) is 36.9 Å². The summed E-state index contributed by atoms with van der Waals surface area (Å²) in [4.78, 5) is 40.9. The number of hydrogen-bond donors (Lipinski definition) is 4. The molecule has 0 bridgehead atoms. The normalized spacial score (nSPS) is 11.1. The van der Waals surface area contributed by atoms with Crippen molar-refractivity contribution in [2.24, 2.45) is 0 Å². The van der Waals surface area contributed by atoms with Crippen molar-refractivity contribution in [2.75, 3.05) is 25.6 Å². The largest absolute Gasteiger partial charge is 1.00 e. The fourth-order valence-electron chi connectivity index (χ4n) is 3.21. The lowest BCUT2D eigenvalue weighted by molar-refractivity contribution is -0.370. The van der Waals surface area contributed by atoms with Crippen LogP contribution in [0.2, 0.25) is 0 Å². The van der Waals surface area contributed by atoms with Gasteiger partial charge >= 0.3 is 5.97 Å². The Morgan fingerprint density at radius 2 is 1.78 bits per heavy atom. The van der Waals surface area contributed by atoms with Gasteiger partial charge in [0, 0.05) is 12.0 Å². The van der Waals surface area contributed by atoms with Crippen LogP contribution in [0, 0.1) is 0 Å². The SMILES string of the molecule is COC(=O)[C@H](Cc1ccccc1)NC(=O)c1ccc(NC(=O)c2cc(Br)c(Br)[nH]2)c(OCC[NH3+])c1.[Cl-]. The van der Waals surface area contributed by atoms with Gasteiger partial charge in [0.15, 0.2) is 0 Å². The quantitative estimate of drug-likeness (QED) is 0.229. The number of ether oxygens (including phenoxy) is 2. The molecule has 0 aliphatic carbocycles. The van der Waals surface area contributed by atoms with Crippen LogP contribution in [0.1, 0.15) is 26.4 Å². The number of quaternary nitrogens is 1. The van der Waals surface area contributed by atoms with Crippen molar-refractivity contribution in [3.8, 4) is 5.75 Å². The van der Waals surface area contributed by atoms with E-state index in [0.29, 0.717) is 32.8 Å². The molecule has 9 nitrogen and oxygen atoms in total. The first-order valence-electron chi connectivity index (χ1n) is 10.7. The summed E-state index contributed by atoms with van der Waals surface area (Å²) in [6.45, 7) is 0.772. The van der Waals surface area contributed by atoms with E-state index in [1.807, 2.05) is 30.3 Å². The zero-order valence-corrected chi connectivity index (χ0v) is 23.2. The Balaban J connectivity index is 0.00000456. The van der Waals surface area contributed by atoms with Gasteiger partial charge in [-0.15, -0.1) is 0 Å². The minimum Gasteiger partial charge on any atom is -1.00 e. The van der Waals surface area contributed by atoms with Crippen LogP contribution in [0.25, 0.3) is 0 Å². The second kappa shape index (κ2) is 14.0. The van der Waals surface area contributed by atoms with Gasteiger partial charge in [0.25, 0.3) is 11.8 Å². The fourth-order valence-corrected chi connectivity index (χ4v) is 3.87. The monoisotopic (exact) mass is 642 g/mol. The number of esters is 1. The number of benzene rings is 2. The molecule has 0 fully saturated rings. The molecule has 12 heteroatoms. The molecule has 6 N–H and O–H groups in total. The zero-order valence-electron chi connectivity index (χ0n) is 19.3. The van der Waals surface area contributed by atoms with E-state index in [1.165, 1.54) is 13.2 Å². The molecule has 0 spiro atoms. The molecule has 2 aromatic carbocycles. The standard InChI is InChI=1S/C24H24Br2N4O5.ClH/c1-34-24(33)19(11-14-5-3-2-4-6-14)30-22(31)15-7-8-17(20(12-15)35-10-9-27)29-23(32)18-13-16(25)21(26)28-18;/h2-8,12-13,19,28H,9-11,27H2,1H3,(H,29,32)(H,30,31);1H/t19-;/m0./s1. The van der Waals surface area contributed by atoms with Crippen molar-refractivity contribution in [3.05, 3.63) is 80.5 Å². The van der Waals surface area contributed by atoms with Crippen molar-refractivity contribution in [1.29, 1.82) is 0 Å². The van der Waals surface area contributed by atoms with Crippen molar-refractivity contribution >= 4 is 55.3 Å². The molecule has 2 amide bonds. The number of rotatable bonds is 10. The number of aromatic nitrogens is 1. The third-order valence-corrected chi connectivity index (χ3v) is 6.72. The first kappa shape index (κ1) is 29.4. The molecule has 0 saturated heterocycles. The van der Waals surface area contributed by atoms with Gasteiger partial charge in [-0.3, -0.25) is 9.59 Å². The molecule has 0 radical (unpaired) electrons. The summed E-state index contributed by atoms with van der Waals surface area (Å²) in [5.41, 5.74) is 5.61. The summed E-state index contributed by atoms with van der Waals surface area (Å²) >= 11 is 6.64. The highest BCUT2D eigenvalue weighted by Gasteiger charge is 2.23. The van der Waals surface area contributed by atoms with Crippen molar-refractivity contribution in [3.63, 3.8) is 0 Å². The fraction of sp³-hybridized carbons (Fsp3) is 0.208. The van der Waals surface area contributed by atoms with Crippen molar-refractivity contribution in [1.82, 2.24) is 10.3 Å². The first-order valence-corrected chi connectivity index (χ1v) is 12.2. The molecule has 36 heavy (non-hydrogen) atoms. The van der Waals surface area contributed by atoms with Crippen molar-refractivity contribution < 1.29 is 42.0 Å². The number of methoxy groups -OCH3 is 1. The molecule has 0 saturated carbocycles. The summed E-state index contributed by atoms with van der Waals surface area (Å²) in [5, 5.41) is 5.51. The van der Waals surface area contributed by atoms with Crippen LogP contribution in [0.15, 0.2) is 63.7 Å². The van der Waals surface area contributed by atoms with Gasteiger partial charge in [0.1, 0.15) is 30.6 Å². The van der Waals surface area contributed by atoms with E-state index < -0.39 is 17.9 Å². The Labute approximate surface area is 231 Å². The Morgan fingerprint density at radius 3 is 2.39 bits per heavy atom. The Kier molecular flexibility index (Phi) is 11.4. The summed E-state index contributed by atoms with van der Waals surface area (Å²) < 4.78 is 12.0. The molecule has 0 aliphatic heterocycles. The number of carbonyl (C=O) groups excluding carboxylic acids is 3. The summed E-state index contributed by atoms with van der Waals surface area (Å²) in [5.74, 6) is -1.12. The molecule has 192 valence electrons. The van der Waals surface area contributed by atoms with E-state index in [1.54, 1.807) is 18.2 Å². The summed E-state index contributed by atoms with van der Waals surface area (Å²) in [7, 11) is 1.27. The lowest BCUT2D eigenvalue weighted by atomic mass is 10.1. The topological polar surface area (TPSA) is 137 Å². The third kappa shape index (κ3) is 7.82. The predicted octanol–water partition coefficient (Wildman–Crippen LogP) is -0.0692. The van der Waals surface area contributed by atoms with Gasteiger partial charge in [-0.1, -0.05) is 30.3 Å². The van der Waals surface area contributed by atoms with Gasteiger partial charge in [-0.25, -0.2) is 4.79 Å². The molecule has 0 aliphatic rings. The first-order chi connectivity index (χ1) is 16.8. The molecule has 3 aromatic rings. The highest BCUT2D eigenvalue weighted by atomic mass is 79.9. The smallest absolute Gasteiger partial charge is 0.328 e. The Bertz CT molecular complexity index is 1190. The molecular formula is C24H25Br2ClN4O5. The van der Waals surface area contributed by atoms with E-state index in [9.17, 15) is 14.4 Å². The lowest BCUT2D eigenvalue weighted by Gasteiger charge is -2.18. The van der Waals surface area contributed by atoms with E-state index >= 15 is 0 Å². The highest BCUT2D eigenvalue weighted by molar-refractivity contribution is 9.13. The maximum Gasteiger partial charge on any atom is 0.328 e. The second-order valence-corrected chi connectivity index (χ2v) is 9.10. The number of amides is 2. The summed E-state index contributed by atoms with van der Waals surface area (Å²) in [6.07, 6.45) is 0.277. The number of hydrogen-bond acceptors (Lipinski definition) is 5. The van der Waals surface area contributed by atoms with Gasteiger partial charge in [-0.2, -0.15) is 0 Å². The van der Waals surface area contributed by atoms with E-state index in [4.69, 9.17) is 9.47 Å². The number of carbonyl (C=O) groups is 3. The van der Waals surface area contributed by atoms with Crippen LogP contribution in [0.3, 0.4) is 0 Å². The second-order valence-electron chi connectivity index (χ2n) is 7.45. The lowest BCUT2D eigenvalue weighted by Crippen LogP contribution is -3.00. The minimum absolute atomic E-state index is 0. The average Bonchev–Trinajstić information content (AvgIpc) is 3.21. The molecule has 1 atom stereocenters. The van der Waals surface area contributed by atoms with Gasteiger partial charge in [0.05, 0.1) is 21.9 Å². The highest BCUT2D eigenvalue weighted by Crippen LogP contribution is 2.28. The maximum absolute atomic E-state index is 13.0. The van der Waals surface area contributed by atoms with Gasteiger partial charge in [0.2, 0.25) is 0 Å². The van der Waals surface area contributed by atoms with Gasteiger partial charge in [-0.05, 0) is 61.7 Å². The number of H-pyrrole nitrogens is 1. The minimum atomic E-state index is -0.872. The van der Waals surface area contributed by atoms with Crippen LogP contribution in [-0.2, 0) is 16.0 Å². The van der Waals surface area contributed by atoms with Crippen molar-refractivity contribution in [2.45, 2.75) is 12.5 Å². The van der Waals surface area contributed by atoms with Gasteiger partial charge < -0.3 is 43.2 Å². The van der Waals surface area contributed by atoms with Crippen LogP contribution >= 0.6 is 31.9 Å². The Hall–Kier alpha value is -2.86. The van der Waals surface area contributed by atoms with Crippen LogP contribution in [-0.4, -0.2) is 49.1 Å². The molecular weight excluding hydrogens is 620 g/mol. The number of anilines is 1. The molecule has 0 unspecified atom stereocenters. The number of aromatic amines is 1. The predicted molar refractivity (Wildman–Crippen MR) is 137 cm³/mol. The van der Waals surface area contributed by atoms with Crippen LogP contribution < -0.4 is 33.5 Å². The average molecular weight is 645 g/mol. The van der Waals surface area contributed by atoms with E-state index in [2.05, 4.69) is 53.2 Å². The van der Waals surface area contributed by atoms with Crippen LogP contribution in [0.5, 0.6) is 5.75 Å². The molecule has 1 aromatic heterocycles. The number of halogens is 3. The number of nitrogens with one attached hydrogen (secondary N) is 3. The summed E-state index contributed by atoms with van der Waals surface area (Å²) in [6, 6.07) is 14.7. The molecule has 3 rings (SSSR count). The molecule has 1 heterocycles. The zero-order chi connectivity index (χ0) is 25.4. The van der Waals surface area contributed by atoms with E-state index in [0.717, 1.165) is 5.56 Å². The Morgan fingerprint density at radius 1 is 1.06 bits per heavy atom. The maximum atomic E-state index is 13.0. The van der Waals surface area contributed by atoms with Crippen LogP contribution in [0.4, 0.5) is 5.69 Å².